The Labute approximate surface area is 245 Å². The zero-order valence-corrected chi connectivity index (χ0v) is 24.6. The molecule has 4 heterocycles. The first-order chi connectivity index (χ1) is 20.0. The maximum Gasteiger partial charge on any atom is 0.190 e. The Kier molecular flexibility index (Phi) is 8.39. The summed E-state index contributed by atoms with van der Waals surface area (Å²) >= 11 is 5.93. The molecule has 0 radical (unpaired) electrons. The maximum atomic E-state index is 15.1. The van der Waals surface area contributed by atoms with Crippen LogP contribution >= 0.6 is 11.6 Å². The standard InChI is InChI=1S/C27H27ClF2N6O5S/c1-14(2)41-24(26-32-10-16(28)11-33-26)15(3)42(37,38)13-22-34-35-27-23-25(21(39-4)7-8-31-23)40-12-20(36(22)27)18-6-5-17(29)9-19(18)30/h5-11,14-15,20,24H,12-13H2,1-4H3/t15-,20+,24+/m0/s1. The van der Waals surface area contributed by atoms with Gasteiger partial charge in [-0.25, -0.2) is 32.2 Å². The van der Waals surface area contributed by atoms with E-state index >= 15 is 4.39 Å². The van der Waals surface area contributed by atoms with Crippen LogP contribution in [0.1, 0.15) is 50.1 Å². The largest absolute Gasteiger partial charge is 0.493 e. The molecule has 3 atom stereocenters. The Bertz CT molecular complexity index is 1700. The van der Waals surface area contributed by atoms with Crippen LogP contribution in [0.3, 0.4) is 0 Å². The van der Waals surface area contributed by atoms with E-state index < -0.39 is 44.6 Å². The van der Waals surface area contributed by atoms with Gasteiger partial charge in [0.05, 0.1) is 29.5 Å². The minimum Gasteiger partial charge on any atom is -0.493 e. The Morgan fingerprint density at radius 2 is 1.86 bits per heavy atom. The molecule has 15 heteroatoms. The number of hydrogen-bond acceptors (Lipinski definition) is 10. The summed E-state index contributed by atoms with van der Waals surface area (Å²) in [4.78, 5) is 12.7. The lowest BCUT2D eigenvalue weighted by Crippen LogP contribution is -2.32. The Morgan fingerprint density at radius 1 is 1.12 bits per heavy atom. The summed E-state index contributed by atoms with van der Waals surface area (Å²) in [6, 6.07) is 3.73. The van der Waals surface area contributed by atoms with Crippen LogP contribution in [0.4, 0.5) is 8.78 Å². The number of benzene rings is 1. The molecule has 0 fully saturated rings. The lowest BCUT2D eigenvalue weighted by Gasteiger charge is -2.26. The van der Waals surface area contributed by atoms with Crippen molar-refractivity contribution in [2.75, 3.05) is 13.7 Å². The van der Waals surface area contributed by atoms with Gasteiger partial charge in [-0.05, 0) is 26.8 Å². The molecule has 0 aliphatic carbocycles. The second kappa shape index (κ2) is 11.9. The van der Waals surface area contributed by atoms with E-state index in [1.165, 1.54) is 43.3 Å². The number of ether oxygens (including phenoxy) is 3. The summed E-state index contributed by atoms with van der Waals surface area (Å²) in [5.41, 5.74) is 0.269. The van der Waals surface area contributed by atoms with Gasteiger partial charge in [0, 0.05) is 36.3 Å². The number of fused-ring (bicyclic) bond motifs is 3. The van der Waals surface area contributed by atoms with Crippen LogP contribution in [-0.2, 0) is 20.3 Å². The van der Waals surface area contributed by atoms with E-state index in [0.29, 0.717) is 5.75 Å². The lowest BCUT2D eigenvalue weighted by molar-refractivity contribution is 0.00142. The summed E-state index contributed by atoms with van der Waals surface area (Å²) in [7, 11) is -2.60. The second-order valence-corrected chi connectivity index (χ2v) is 12.7. The fourth-order valence-corrected chi connectivity index (χ4v) is 6.16. The van der Waals surface area contributed by atoms with E-state index in [9.17, 15) is 12.8 Å². The predicted molar refractivity (Wildman–Crippen MR) is 148 cm³/mol. The third-order valence-electron chi connectivity index (χ3n) is 6.72. The highest BCUT2D eigenvalue weighted by molar-refractivity contribution is 7.91. The van der Waals surface area contributed by atoms with Crippen molar-refractivity contribution in [2.24, 2.45) is 0 Å². The number of methoxy groups -OCH3 is 1. The number of pyridine rings is 1. The maximum absolute atomic E-state index is 15.1. The highest BCUT2D eigenvalue weighted by atomic mass is 35.5. The topological polar surface area (TPSA) is 131 Å². The molecule has 0 saturated carbocycles. The molecule has 0 saturated heterocycles. The van der Waals surface area contributed by atoms with Crippen LogP contribution in [0.15, 0.2) is 42.9 Å². The minimum atomic E-state index is -4.05. The zero-order chi connectivity index (χ0) is 30.2. The van der Waals surface area contributed by atoms with Crippen molar-refractivity contribution in [3.63, 3.8) is 0 Å². The van der Waals surface area contributed by atoms with Crippen molar-refractivity contribution in [2.45, 2.75) is 50.0 Å². The number of aromatic nitrogens is 6. The lowest BCUT2D eigenvalue weighted by atomic mass is 10.1. The van der Waals surface area contributed by atoms with Crippen LogP contribution in [0, 0.1) is 11.6 Å². The molecule has 1 aliphatic heterocycles. The smallest absolute Gasteiger partial charge is 0.190 e. The number of nitrogens with zero attached hydrogens (tertiary/aromatic N) is 6. The molecule has 0 spiro atoms. The third-order valence-corrected chi connectivity index (χ3v) is 8.96. The average molecular weight is 621 g/mol. The highest BCUT2D eigenvalue weighted by Gasteiger charge is 2.38. The fourth-order valence-electron chi connectivity index (χ4n) is 4.68. The van der Waals surface area contributed by atoms with Crippen LogP contribution < -0.4 is 9.47 Å². The Morgan fingerprint density at radius 3 is 2.52 bits per heavy atom. The van der Waals surface area contributed by atoms with Crippen LogP contribution in [0.2, 0.25) is 5.02 Å². The zero-order valence-electron chi connectivity index (χ0n) is 23.0. The van der Waals surface area contributed by atoms with Crippen molar-refractivity contribution in [1.29, 1.82) is 0 Å². The van der Waals surface area contributed by atoms with Crippen LogP contribution in [-0.4, -0.2) is 63.2 Å². The molecule has 0 N–H and O–H groups in total. The quantitative estimate of drug-likeness (QED) is 0.263. The number of rotatable bonds is 9. The van der Waals surface area contributed by atoms with Crippen LogP contribution in [0.25, 0.3) is 11.5 Å². The third kappa shape index (κ3) is 5.78. The first kappa shape index (κ1) is 29.7. The SMILES string of the molecule is COc1ccnc2c1OC[C@H](c1ccc(F)cc1F)n1c(CS(=O)(=O)[C@@H](C)[C@@H](OC(C)C)c3ncc(Cl)cn3)nnc1-2. The average Bonchev–Trinajstić information content (AvgIpc) is 3.26. The molecule has 1 aliphatic rings. The van der Waals surface area contributed by atoms with Gasteiger partial charge < -0.3 is 14.2 Å². The molecule has 1 aromatic carbocycles. The number of halogens is 3. The Hall–Kier alpha value is -3.75. The van der Waals surface area contributed by atoms with Gasteiger partial charge in [-0.15, -0.1) is 10.2 Å². The van der Waals surface area contributed by atoms with Gasteiger partial charge in [0.15, 0.2) is 38.7 Å². The van der Waals surface area contributed by atoms with Gasteiger partial charge in [0.1, 0.15) is 35.9 Å². The van der Waals surface area contributed by atoms with Crippen LogP contribution in [0.5, 0.6) is 11.5 Å². The first-order valence-corrected chi connectivity index (χ1v) is 15.0. The summed E-state index contributed by atoms with van der Waals surface area (Å²) in [6.07, 6.45) is 2.81. The minimum absolute atomic E-state index is 0.00744. The van der Waals surface area contributed by atoms with Gasteiger partial charge in [-0.1, -0.05) is 17.7 Å². The van der Waals surface area contributed by atoms with Gasteiger partial charge >= 0.3 is 0 Å². The molecule has 4 aromatic rings. The van der Waals surface area contributed by atoms with Gasteiger partial charge in [0.2, 0.25) is 0 Å². The molecule has 42 heavy (non-hydrogen) atoms. The fraction of sp³-hybridized carbons (Fsp3) is 0.370. The molecular formula is C27H27ClF2N6O5S. The molecule has 222 valence electrons. The van der Waals surface area contributed by atoms with E-state index in [0.717, 1.165) is 12.1 Å². The highest BCUT2D eigenvalue weighted by Crippen LogP contribution is 2.41. The molecular weight excluding hydrogens is 594 g/mol. The summed E-state index contributed by atoms with van der Waals surface area (Å²) in [5, 5.41) is 7.60. The second-order valence-electron chi connectivity index (χ2n) is 9.87. The molecule has 0 amide bonds. The molecule has 11 nitrogen and oxygen atoms in total. The van der Waals surface area contributed by atoms with E-state index in [-0.39, 0.29) is 52.2 Å². The molecule has 3 aromatic heterocycles. The number of sulfone groups is 1. The summed E-state index contributed by atoms with van der Waals surface area (Å²) in [6.45, 7) is 4.84. The molecule has 0 bridgehead atoms. The predicted octanol–water partition coefficient (Wildman–Crippen LogP) is 4.52. The summed E-state index contributed by atoms with van der Waals surface area (Å²) < 4.78 is 75.6. The van der Waals surface area contributed by atoms with Crippen molar-refractivity contribution in [3.05, 3.63) is 76.7 Å². The van der Waals surface area contributed by atoms with E-state index in [1.807, 2.05) is 0 Å². The number of hydrogen-bond donors (Lipinski definition) is 0. The monoisotopic (exact) mass is 620 g/mol. The van der Waals surface area contributed by atoms with Gasteiger partial charge in [-0.3, -0.25) is 4.57 Å². The van der Waals surface area contributed by atoms with Gasteiger partial charge in [-0.2, -0.15) is 0 Å². The van der Waals surface area contributed by atoms with Crippen molar-refractivity contribution in [3.8, 4) is 23.0 Å². The molecule has 0 unspecified atom stereocenters. The Balaban J connectivity index is 1.60. The normalized spacial score (nSPS) is 16.2. The van der Waals surface area contributed by atoms with Crippen molar-refractivity contribution >= 4 is 21.4 Å². The summed E-state index contributed by atoms with van der Waals surface area (Å²) in [5.74, 6) is -1.38. The van der Waals surface area contributed by atoms with E-state index in [1.54, 1.807) is 19.9 Å². The first-order valence-electron chi connectivity index (χ1n) is 12.9. The van der Waals surface area contributed by atoms with E-state index in [4.69, 9.17) is 25.8 Å². The van der Waals surface area contributed by atoms with E-state index in [2.05, 4.69) is 25.1 Å². The molecule has 5 rings (SSSR count). The van der Waals surface area contributed by atoms with Crippen molar-refractivity contribution in [1.82, 2.24) is 29.7 Å². The van der Waals surface area contributed by atoms with Gasteiger partial charge in [0.25, 0.3) is 0 Å². The van der Waals surface area contributed by atoms with Crippen molar-refractivity contribution < 1.29 is 31.4 Å².